The number of carbonyl (C=O) groups excluding carboxylic acids is 1. The topological polar surface area (TPSA) is 64.2 Å². The van der Waals surface area contributed by atoms with E-state index in [9.17, 15) is 4.79 Å². The van der Waals surface area contributed by atoms with Gasteiger partial charge in [0.2, 0.25) is 0 Å². The van der Waals surface area contributed by atoms with E-state index in [0.717, 1.165) is 22.2 Å². The minimum Gasteiger partial charge on any atom is -0.465 e. The van der Waals surface area contributed by atoms with Gasteiger partial charge in [-0.1, -0.05) is 17.7 Å². The first kappa shape index (κ1) is 15.4. The van der Waals surface area contributed by atoms with Gasteiger partial charge in [0.15, 0.2) is 0 Å². The fourth-order valence-corrected chi connectivity index (χ4v) is 2.43. The highest BCUT2D eigenvalue weighted by molar-refractivity contribution is 6.32. The lowest BCUT2D eigenvalue weighted by molar-refractivity contribution is 0.0599. The van der Waals surface area contributed by atoms with Gasteiger partial charge in [-0.3, -0.25) is 0 Å². The molecule has 0 saturated carbocycles. The molecule has 0 aliphatic carbocycles. The number of aromatic amines is 1. The van der Waals surface area contributed by atoms with E-state index in [4.69, 9.17) is 21.1 Å². The van der Waals surface area contributed by atoms with E-state index in [1.165, 1.54) is 7.11 Å². The van der Waals surface area contributed by atoms with Crippen LogP contribution in [0.25, 0.3) is 11.0 Å². The number of carbonyl (C=O) groups is 1. The number of benzene rings is 2. The molecular formula is C17H15ClN2O3. The molecule has 2 aromatic carbocycles. The number of hydrogen-bond donors (Lipinski definition) is 1. The molecule has 5 nitrogen and oxygen atoms in total. The second-order valence-corrected chi connectivity index (χ2v) is 5.64. The van der Waals surface area contributed by atoms with E-state index in [1.54, 1.807) is 24.3 Å². The Morgan fingerprint density at radius 3 is 2.70 bits per heavy atom. The van der Waals surface area contributed by atoms with Crippen molar-refractivity contribution in [3.8, 4) is 11.8 Å². The average Bonchev–Trinajstić information content (AvgIpc) is 2.90. The molecule has 118 valence electrons. The Morgan fingerprint density at radius 1 is 1.17 bits per heavy atom. The Morgan fingerprint density at radius 2 is 1.96 bits per heavy atom. The molecule has 0 bridgehead atoms. The first-order chi connectivity index (χ1) is 11.0. The molecule has 1 aromatic heterocycles. The molecule has 0 saturated heterocycles. The number of aromatic nitrogens is 2. The molecule has 0 unspecified atom stereocenters. The zero-order valence-corrected chi connectivity index (χ0v) is 13.7. The normalized spacial score (nSPS) is 10.8. The molecule has 0 amide bonds. The van der Waals surface area contributed by atoms with Crippen LogP contribution in [0.2, 0.25) is 5.02 Å². The van der Waals surface area contributed by atoms with Crippen LogP contribution < -0.4 is 4.74 Å². The molecule has 0 fully saturated rings. The second kappa shape index (κ2) is 5.93. The first-order valence-electron chi connectivity index (χ1n) is 7.00. The Kier molecular flexibility index (Phi) is 3.96. The summed E-state index contributed by atoms with van der Waals surface area (Å²) in [5.41, 5.74) is 3.78. The molecule has 6 heteroatoms. The highest BCUT2D eigenvalue weighted by atomic mass is 35.5. The predicted molar refractivity (Wildman–Crippen MR) is 88.4 cm³/mol. The summed E-state index contributed by atoms with van der Waals surface area (Å²) in [7, 11) is 1.35. The van der Waals surface area contributed by atoms with Gasteiger partial charge in [-0.15, -0.1) is 0 Å². The van der Waals surface area contributed by atoms with Gasteiger partial charge in [0.25, 0.3) is 6.01 Å². The minimum absolute atomic E-state index is 0.335. The molecule has 3 rings (SSSR count). The Balaban J connectivity index is 1.94. The monoisotopic (exact) mass is 330 g/mol. The van der Waals surface area contributed by atoms with Crippen LogP contribution in [0.4, 0.5) is 0 Å². The number of rotatable bonds is 3. The van der Waals surface area contributed by atoms with Crippen molar-refractivity contribution in [3.63, 3.8) is 0 Å². The zero-order valence-electron chi connectivity index (χ0n) is 12.9. The number of esters is 1. The maximum Gasteiger partial charge on any atom is 0.338 e. The van der Waals surface area contributed by atoms with Gasteiger partial charge in [0.1, 0.15) is 5.75 Å². The molecular weight excluding hydrogens is 316 g/mol. The summed E-state index contributed by atoms with van der Waals surface area (Å²) >= 11 is 6.10. The number of ether oxygens (including phenoxy) is 2. The van der Waals surface area contributed by atoms with Crippen LogP contribution in [0.5, 0.6) is 11.8 Å². The SMILES string of the molecule is COC(=O)c1cc(Oc2nc3cc(Cl)c(C)cc3[nH]2)ccc1C. The van der Waals surface area contributed by atoms with Crippen molar-refractivity contribution in [2.75, 3.05) is 7.11 Å². The fraction of sp³-hybridized carbons (Fsp3) is 0.176. The van der Waals surface area contributed by atoms with E-state index in [2.05, 4.69) is 9.97 Å². The average molecular weight is 331 g/mol. The third-order valence-corrected chi connectivity index (χ3v) is 3.98. The lowest BCUT2D eigenvalue weighted by Crippen LogP contribution is -2.04. The largest absolute Gasteiger partial charge is 0.465 e. The quantitative estimate of drug-likeness (QED) is 0.722. The zero-order chi connectivity index (χ0) is 16.6. The Labute approximate surface area is 138 Å². The van der Waals surface area contributed by atoms with Crippen LogP contribution in [0.3, 0.4) is 0 Å². The summed E-state index contributed by atoms with van der Waals surface area (Å²) < 4.78 is 10.5. The standard InChI is InChI=1S/C17H15ClN2O3/c1-9-4-5-11(7-12(9)16(21)22-3)23-17-19-14-6-10(2)13(18)8-15(14)20-17/h4-8H,1-3H3,(H,19,20). The summed E-state index contributed by atoms with van der Waals surface area (Å²) in [5.74, 6) is 0.0952. The fourth-order valence-electron chi connectivity index (χ4n) is 2.27. The highest BCUT2D eigenvalue weighted by Gasteiger charge is 2.12. The first-order valence-corrected chi connectivity index (χ1v) is 7.38. The van der Waals surface area contributed by atoms with Gasteiger partial charge >= 0.3 is 5.97 Å². The Bertz CT molecular complexity index is 863. The van der Waals surface area contributed by atoms with Crippen LogP contribution in [-0.4, -0.2) is 23.0 Å². The van der Waals surface area contributed by atoms with Gasteiger partial charge in [0.05, 0.1) is 23.7 Å². The number of H-pyrrole nitrogens is 1. The minimum atomic E-state index is -0.403. The van der Waals surface area contributed by atoms with Crippen molar-refractivity contribution in [3.05, 3.63) is 52.0 Å². The van der Waals surface area contributed by atoms with Crippen molar-refractivity contribution < 1.29 is 14.3 Å². The third-order valence-electron chi connectivity index (χ3n) is 3.57. The number of nitrogens with one attached hydrogen (secondary N) is 1. The van der Waals surface area contributed by atoms with Crippen LogP contribution in [-0.2, 0) is 4.74 Å². The maximum absolute atomic E-state index is 11.7. The molecule has 23 heavy (non-hydrogen) atoms. The van der Waals surface area contributed by atoms with Crippen LogP contribution in [0, 0.1) is 13.8 Å². The number of imidazole rings is 1. The van der Waals surface area contributed by atoms with Crippen LogP contribution in [0.15, 0.2) is 30.3 Å². The summed E-state index contributed by atoms with van der Waals surface area (Å²) in [5, 5.41) is 0.652. The van der Waals surface area contributed by atoms with Gasteiger partial charge in [-0.05, 0) is 49.2 Å². The number of halogens is 1. The van der Waals surface area contributed by atoms with E-state index >= 15 is 0 Å². The van der Waals surface area contributed by atoms with Gasteiger partial charge in [-0.25, -0.2) is 4.79 Å². The van der Waals surface area contributed by atoms with Crippen molar-refractivity contribution >= 4 is 28.6 Å². The number of hydrogen-bond acceptors (Lipinski definition) is 4. The number of methoxy groups -OCH3 is 1. The molecule has 0 radical (unpaired) electrons. The lowest BCUT2D eigenvalue weighted by atomic mass is 10.1. The van der Waals surface area contributed by atoms with Gasteiger partial charge < -0.3 is 14.5 Å². The predicted octanol–water partition coefficient (Wildman–Crippen LogP) is 4.41. The Hall–Kier alpha value is -2.53. The highest BCUT2D eigenvalue weighted by Crippen LogP contribution is 2.27. The van der Waals surface area contributed by atoms with E-state index in [-0.39, 0.29) is 0 Å². The lowest BCUT2D eigenvalue weighted by Gasteiger charge is -2.07. The molecule has 1 heterocycles. The van der Waals surface area contributed by atoms with Crippen LogP contribution >= 0.6 is 11.6 Å². The van der Waals surface area contributed by atoms with Crippen molar-refractivity contribution in [1.82, 2.24) is 9.97 Å². The van der Waals surface area contributed by atoms with Crippen molar-refractivity contribution in [1.29, 1.82) is 0 Å². The van der Waals surface area contributed by atoms with E-state index < -0.39 is 5.97 Å². The van der Waals surface area contributed by atoms with Crippen molar-refractivity contribution in [2.45, 2.75) is 13.8 Å². The summed E-state index contributed by atoms with van der Waals surface area (Å²) in [6.07, 6.45) is 0. The number of fused-ring (bicyclic) bond motifs is 1. The second-order valence-electron chi connectivity index (χ2n) is 5.23. The molecule has 0 aliphatic heterocycles. The number of nitrogens with zero attached hydrogens (tertiary/aromatic N) is 1. The number of aryl methyl sites for hydroxylation is 2. The molecule has 1 N–H and O–H groups in total. The van der Waals surface area contributed by atoms with Gasteiger partial charge in [-0.2, -0.15) is 4.98 Å². The summed E-state index contributed by atoms with van der Waals surface area (Å²) in [6, 6.07) is 9.23. The van der Waals surface area contributed by atoms with Crippen LogP contribution in [0.1, 0.15) is 21.5 Å². The molecule has 0 aliphatic rings. The summed E-state index contributed by atoms with van der Waals surface area (Å²) in [6.45, 7) is 3.76. The van der Waals surface area contributed by atoms with Gasteiger partial charge in [0, 0.05) is 5.02 Å². The van der Waals surface area contributed by atoms with Crippen molar-refractivity contribution in [2.24, 2.45) is 0 Å². The van der Waals surface area contributed by atoms with E-state index in [0.29, 0.717) is 22.3 Å². The van der Waals surface area contributed by atoms with E-state index in [1.807, 2.05) is 19.9 Å². The molecule has 3 aromatic rings. The summed E-state index contributed by atoms with van der Waals surface area (Å²) in [4.78, 5) is 19.2. The third kappa shape index (κ3) is 3.00. The molecule has 0 atom stereocenters. The molecule has 0 spiro atoms. The maximum atomic E-state index is 11.7. The smallest absolute Gasteiger partial charge is 0.338 e.